The molecule has 1 radical (unpaired) electrons. The molecule has 0 unspecified atom stereocenters. The highest BCUT2D eigenvalue weighted by atomic mass is 32.2. The van der Waals surface area contributed by atoms with Crippen molar-refractivity contribution in [1.82, 2.24) is 0 Å². The summed E-state index contributed by atoms with van der Waals surface area (Å²) < 4.78 is 10.4. The monoisotopic (exact) mass is 215 g/mol. The zero-order valence-electron chi connectivity index (χ0n) is 6.58. The molecule has 0 aliphatic rings. The van der Waals surface area contributed by atoms with Crippen LogP contribution in [0.3, 0.4) is 0 Å². The lowest BCUT2D eigenvalue weighted by atomic mass is 10.3. The second kappa shape index (κ2) is 4.03. The van der Waals surface area contributed by atoms with Crippen molar-refractivity contribution in [2.24, 2.45) is 0 Å². The molecule has 8 heteroatoms. The highest BCUT2D eigenvalue weighted by molar-refractivity contribution is 7.93. The minimum atomic E-state index is -0.826. The van der Waals surface area contributed by atoms with Gasteiger partial charge < -0.3 is 0 Å². The van der Waals surface area contributed by atoms with Gasteiger partial charge in [-0.15, -0.1) is 4.55 Å². The van der Waals surface area contributed by atoms with Gasteiger partial charge in [0.25, 0.3) is 11.4 Å². The third kappa shape index (κ3) is 1.98. The average molecular weight is 215 g/mol. The lowest BCUT2D eigenvalue weighted by Gasteiger charge is -1.96. The zero-order chi connectivity index (χ0) is 10.7. The van der Waals surface area contributed by atoms with Crippen molar-refractivity contribution < 1.29 is 14.4 Å². The van der Waals surface area contributed by atoms with E-state index >= 15 is 0 Å². The van der Waals surface area contributed by atoms with Crippen molar-refractivity contribution in [3.63, 3.8) is 0 Å². The molecule has 14 heavy (non-hydrogen) atoms. The number of hydrogen-bond donors (Lipinski definition) is 0. The molecule has 0 fully saturated rings. The average Bonchev–Trinajstić information content (AvgIpc) is 2.16. The van der Waals surface area contributed by atoms with Crippen LogP contribution in [0.25, 0.3) is 0 Å². The number of nitrogens with zero attached hydrogens (tertiary/aromatic N) is 2. The molecule has 1 aromatic carbocycles. The van der Waals surface area contributed by atoms with E-state index in [1.54, 1.807) is 0 Å². The first-order valence-corrected chi connectivity index (χ1v) is 4.03. The number of nitro groups is 2. The summed E-state index contributed by atoms with van der Waals surface area (Å²) >= 11 is -0.0701. The minimum Gasteiger partial charge on any atom is -0.258 e. The number of benzene rings is 1. The second-order valence-electron chi connectivity index (χ2n) is 2.25. The Morgan fingerprint density at radius 1 is 1.14 bits per heavy atom. The van der Waals surface area contributed by atoms with Crippen LogP contribution in [0, 0.1) is 20.2 Å². The Balaban J connectivity index is 3.27. The summed E-state index contributed by atoms with van der Waals surface area (Å²) in [6, 6.07) is 2.88. The molecule has 1 aromatic rings. The lowest BCUT2D eigenvalue weighted by molar-refractivity contribution is -0.396. The van der Waals surface area contributed by atoms with Crippen LogP contribution >= 0.6 is 12.0 Å². The Labute approximate surface area is 81.9 Å². The van der Waals surface area contributed by atoms with E-state index in [0.29, 0.717) is 0 Å². The number of nitro benzene ring substituents is 2. The van der Waals surface area contributed by atoms with Crippen LogP contribution < -0.4 is 0 Å². The molecule has 0 N–H and O–H groups in total. The smallest absolute Gasteiger partial charge is 0.258 e. The van der Waals surface area contributed by atoms with Crippen LogP contribution in [0.1, 0.15) is 0 Å². The maximum Gasteiger partial charge on any atom is 0.292 e. The van der Waals surface area contributed by atoms with Gasteiger partial charge in [0.1, 0.15) is 4.90 Å². The maximum atomic E-state index is 10.4. The number of hydrogen-bond acceptors (Lipinski definition) is 5. The van der Waals surface area contributed by atoms with Gasteiger partial charge in [-0.05, 0) is 6.07 Å². The summed E-state index contributed by atoms with van der Waals surface area (Å²) in [6.45, 7) is 0. The zero-order valence-corrected chi connectivity index (χ0v) is 7.39. The number of non-ortho nitro benzene ring substituents is 1. The molecular formula is C6H3N2O5S. The van der Waals surface area contributed by atoms with Crippen molar-refractivity contribution >= 4 is 23.4 Å². The fraction of sp³-hybridized carbons (Fsp3) is 0. The van der Waals surface area contributed by atoms with Crippen molar-refractivity contribution in [3.05, 3.63) is 38.4 Å². The van der Waals surface area contributed by atoms with Gasteiger partial charge in [-0.25, -0.2) is 0 Å². The first kappa shape index (κ1) is 10.4. The van der Waals surface area contributed by atoms with E-state index in [2.05, 4.69) is 0 Å². The molecule has 7 nitrogen and oxygen atoms in total. The largest absolute Gasteiger partial charge is 0.292 e. The Hall–Kier alpha value is -1.67. The van der Waals surface area contributed by atoms with E-state index < -0.39 is 21.2 Å². The first-order chi connectivity index (χ1) is 6.56. The van der Waals surface area contributed by atoms with E-state index in [0.717, 1.165) is 18.2 Å². The summed E-state index contributed by atoms with van der Waals surface area (Å²) in [5.41, 5.74) is -0.950. The second-order valence-corrected chi connectivity index (χ2v) is 2.86. The third-order valence-electron chi connectivity index (χ3n) is 1.44. The molecule has 0 aromatic heterocycles. The SMILES string of the molecule is [O]Sc1ccc([N+](=O)[O-])cc1[N+](=O)[O-]. The molecule has 1 rings (SSSR count). The van der Waals surface area contributed by atoms with Crippen LogP contribution in [-0.2, 0) is 4.55 Å². The van der Waals surface area contributed by atoms with Gasteiger partial charge in [0.15, 0.2) is 0 Å². The molecule has 0 aliphatic heterocycles. The van der Waals surface area contributed by atoms with Crippen LogP contribution in [0.4, 0.5) is 11.4 Å². The Kier molecular flexibility index (Phi) is 2.99. The van der Waals surface area contributed by atoms with Gasteiger partial charge in [-0.3, -0.25) is 20.2 Å². The Morgan fingerprint density at radius 3 is 2.21 bits per heavy atom. The minimum absolute atomic E-state index is 0.0701. The molecule has 0 atom stereocenters. The molecule has 0 spiro atoms. The number of rotatable bonds is 3. The van der Waals surface area contributed by atoms with Crippen molar-refractivity contribution in [2.45, 2.75) is 4.90 Å². The van der Waals surface area contributed by atoms with E-state index in [9.17, 15) is 24.8 Å². The summed E-state index contributed by atoms with van der Waals surface area (Å²) in [7, 11) is 0. The fourth-order valence-corrected chi connectivity index (χ4v) is 1.17. The maximum absolute atomic E-state index is 10.4. The van der Waals surface area contributed by atoms with Gasteiger partial charge in [0.05, 0.1) is 28.0 Å². The van der Waals surface area contributed by atoms with Crippen molar-refractivity contribution in [1.29, 1.82) is 0 Å². The Morgan fingerprint density at radius 2 is 1.79 bits per heavy atom. The van der Waals surface area contributed by atoms with Gasteiger partial charge in [0, 0.05) is 6.07 Å². The molecule has 73 valence electrons. The molecule has 0 bridgehead atoms. The lowest BCUT2D eigenvalue weighted by Crippen LogP contribution is -1.93. The highest BCUT2D eigenvalue weighted by Gasteiger charge is 2.19. The van der Waals surface area contributed by atoms with Gasteiger partial charge >= 0.3 is 0 Å². The van der Waals surface area contributed by atoms with Gasteiger partial charge in [-0.1, -0.05) is 0 Å². The van der Waals surface area contributed by atoms with Crippen molar-refractivity contribution in [3.8, 4) is 0 Å². The van der Waals surface area contributed by atoms with E-state index in [1.807, 2.05) is 0 Å². The van der Waals surface area contributed by atoms with Crippen molar-refractivity contribution in [2.75, 3.05) is 0 Å². The molecule has 0 heterocycles. The van der Waals surface area contributed by atoms with Crippen LogP contribution in [-0.4, -0.2) is 9.85 Å². The van der Waals surface area contributed by atoms with E-state index in [4.69, 9.17) is 0 Å². The van der Waals surface area contributed by atoms with Gasteiger partial charge in [0.2, 0.25) is 0 Å². The summed E-state index contributed by atoms with van der Waals surface area (Å²) in [5, 5.41) is 20.7. The molecule has 0 amide bonds. The third-order valence-corrected chi connectivity index (χ3v) is 1.96. The topological polar surface area (TPSA) is 106 Å². The van der Waals surface area contributed by atoms with Gasteiger partial charge in [-0.2, -0.15) is 0 Å². The highest BCUT2D eigenvalue weighted by Crippen LogP contribution is 2.30. The molecule has 0 saturated carbocycles. The first-order valence-electron chi connectivity index (χ1n) is 3.29. The Bertz CT molecular complexity index is 394. The predicted octanol–water partition coefficient (Wildman–Crippen LogP) is 1.94. The summed E-state index contributed by atoms with van der Waals surface area (Å²) in [4.78, 5) is 18.9. The summed E-state index contributed by atoms with van der Waals surface area (Å²) in [5.74, 6) is 0. The van der Waals surface area contributed by atoms with E-state index in [1.165, 1.54) is 0 Å². The van der Waals surface area contributed by atoms with E-state index in [-0.39, 0.29) is 16.9 Å². The molecular weight excluding hydrogens is 212 g/mol. The normalized spacial score (nSPS) is 9.79. The fourth-order valence-electron chi connectivity index (χ4n) is 0.832. The van der Waals surface area contributed by atoms with Crippen LogP contribution in [0.15, 0.2) is 23.1 Å². The molecule has 0 saturated heterocycles. The molecule has 0 aliphatic carbocycles. The van der Waals surface area contributed by atoms with Crippen LogP contribution in [0.5, 0.6) is 0 Å². The quantitative estimate of drug-likeness (QED) is 0.435. The summed E-state index contributed by atoms with van der Waals surface area (Å²) in [6.07, 6.45) is 0. The van der Waals surface area contributed by atoms with Crippen LogP contribution in [0.2, 0.25) is 0 Å². The predicted molar refractivity (Wildman–Crippen MR) is 46.3 cm³/mol. The standard InChI is InChI=1S/C6H3N2O5S/c9-7(10)4-1-2-6(14-13)5(3-4)8(11)12/h1-3H.